The molecule has 20 heavy (non-hydrogen) atoms. The minimum atomic E-state index is 0.0239. The molecule has 1 aromatic rings. The number of anilines is 1. The second-order valence-corrected chi connectivity index (χ2v) is 5.40. The summed E-state index contributed by atoms with van der Waals surface area (Å²) in [5, 5.41) is 0. The number of methoxy groups -OCH3 is 1. The normalized spacial score (nSPS) is 25.4. The second kappa shape index (κ2) is 5.32. The molecule has 0 spiro atoms. The number of rotatable bonds is 2. The number of morpholine rings is 1. The Labute approximate surface area is 118 Å². The van der Waals surface area contributed by atoms with Crippen LogP contribution in [-0.2, 0) is 4.74 Å². The van der Waals surface area contributed by atoms with Crippen LogP contribution in [0.5, 0.6) is 5.75 Å². The highest BCUT2D eigenvalue weighted by Gasteiger charge is 2.38. The quantitative estimate of drug-likeness (QED) is 0.835. The number of hydrogen-bond donors (Lipinski definition) is 1. The van der Waals surface area contributed by atoms with E-state index in [-0.39, 0.29) is 18.1 Å². The molecule has 1 amide bonds. The van der Waals surface area contributed by atoms with Crippen LogP contribution in [0.2, 0.25) is 0 Å². The van der Waals surface area contributed by atoms with Gasteiger partial charge in [0.1, 0.15) is 5.75 Å². The molecule has 2 aliphatic rings. The van der Waals surface area contributed by atoms with Crippen molar-refractivity contribution in [1.82, 2.24) is 4.90 Å². The van der Waals surface area contributed by atoms with Crippen LogP contribution in [0, 0.1) is 0 Å². The first-order valence-electron chi connectivity index (χ1n) is 7.06. The van der Waals surface area contributed by atoms with Crippen LogP contribution in [0.4, 0.5) is 5.69 Å². The molecular formula is C15H20N2O3. The van der Waals surface area contributed by atoms with Crippen LogP contribution < -0.4 is 10.5 Å². The van der Waals surface area contributed by atoms with Gasteiger partial charge in [-0.2, -0.15) is 0 Å². The van der Waals surface area contributed by atoms with E-state index in [1.165, 1.54) is 0 Å². The number of nitrogens with two attached hydrogens (primary N) is 1. The summed E-state index contributed by atoms with van der Waals surface area (Å²) in [6.45, 7) is 1.27. The predicted molar refractivity (Wildman–Crippen MR) is 75.8 cm³/mol. The molecule has 0 radical (unpaired) electrons. The molecular weight excluding hydrogens is 256 g/mol. The maximum absolute atomic E-state index is 12.7. The summed E-state index contributed by atoms with van der Waals surface area (Å²) in [7, 11) is 1.57. The van der Waals surface area contributed by atoms with Crippen LogP contribution >= 0.6 is 0 Å². The Balaban J connectivity index is 1.86. The highest BCUT2D eigenvalue weighted by molar-refractivity contribution is 5.96. The van der Waals surface area contributed by atoms with E-state index in [1.54, 1.807) is 25.3 Å². The van der Waals surface area contributed by atoms with Crippen molar-refractivity contribution < 1.29 is 14.3 Å². The lowest BCUT2D eigenvalue weighted by Gasteiger charge is -2.37. The summed E-state index contributed by atoms with van der Waals surface area (Å²) in [5.41, 5.74) is 6.97. The largest absolute Gasteiger partial charge is 0.497 e. The Kier molecular flexibility index (Phi) is 3.53. The van der Waals surface area contributed by atoms with E-state index in [0.717, 1.165) is 19.3 Å². The lowest BCUT2D eigenvalue weighted by molar-refractivity contribution is -0.0445. The molecule has 5 heteroatoms. The van der Waals surface area contributed by atoms with E-state index >= 15 is 0 Å². The number of carbonyl (C=O) groups is 1. The molecule has 2 unspecified atom stereocenters. The molecule has 108 valence electrons. The lowest BCUT2D eigenvalue weighted by Crippen LogP contribution is -2.51. The molecule has 2 fully saturated rings. The van der Waals surface area contributed by atoms with E-state index in [1.807, 2.05) is 4.90 Å². The molecule has 1 heterocycles. The van der Waals surface area contributed by atoms with Gasteiger partial charge in [-0.15, -0.1) is 0 Å². The van der Waals surface area contributed by atoms with Gasteiger partial charge in [-0.3, -0.25) is 4.79 Å². The fourth-order valence-electron chi connectivity index (χ4n) is 3.21. The zero-order chi connectivity index (χ0) is 14.1. The van der Waals surface area contributed by atoms with E-state index in [4.69, 9.17) is 15.2 Å². The number of nitrogens with zero attached hydrogens (tertiary/aromatic N) is 1. The van der Waals surface area contributed by atoms with Crippen LogP contribution in [0.3, 0.4) is 0 Å². The van der Waals surface area contributed by atoms with Gasteiger partial charge in [0.15, 0.2) is 0 Å². The molecule has 2 N–H and O–H groups in total. The van der Waals surface area contributed by atoms with Crippen molar-refractivity contribution in [3.05, 3.63) is 23.8 Å². The lowest BCUT2D eigenvalue weighted by atomic mass is 10.1. The minimum Gasteiger partial charge on any atom is -0.497 e. The highest BCUT2D eigenvalue weighted by atomic mass is 16.5. The third-order valence-electron chi connectivity index (χ3n) is 4.15. The van der Waals surface area contributed by atoms with Crippen molar-refractivity contribution >= 4 is 11.6 Å². The SMILES string of the molecule is COc1cc(N)cc(C(=O)N2CCOC3CCCC32)c1. The van der Waals surface area contributed by atoms with Gasteiger partial charge in [-0.25, -0.2) is 0 Å². The van der Waals surface area contributed by atoms with Crippen molar-refractivity contribution in [2.75, 3.05) is 26.0 Å². The first-order chi connectivity index (χ1) is 9.69. The first-order valence-corrected chi connectivity index (χ1v) is 7.06. The van der Waals surface area contributed by atoms with Crippen molar-refractivity contribution in [3.8, 4) is 5.75 Å². The van der Waals surface area contributed by atoms with Gasteiger partial charge in [0.05, 0.1) is 25.9 Å². The number of carbonyl (C=O) groups excluding carboxylic acids is 1. The fourth-order valence-corrected chi connectivity index (χ4v) is 3.21. The summed E-state index contributed by atoms with van der Waals surface area (Å²) in [6, 6.07) is 5.39. The Morgan fingerprint density at radius 2 is 2.25 bits per heavy atom. The van der Waals surface area contributed by atoms with Gasteiger partial charge in [-0.05, 0) is 31.4 Å². The average molecular weight is 276 g/mol. The van der Waals surface area contributed by atoms with Gasteiger partial charge < -0.3 is 20.1 Å². The molecule has 1 aliphatic heterocycles. The maximum Gasteiger partial charge on any atom is 0.254 e. The summed E-state index contributed by atoms with van der Waals surface area (Å²) in [4.78, 5) is 14.7. The number of benzene rings is 1. The predicted octanol–water partition coefficient (Wildman–Crippen LogP) is 1.67. The Morgan fingerprint density at radius 3 is 3.05 bits per heavy atom. The van der Waals surface area contributed by atoms with E-state index in [0.29, 0.717) is 30.2 Å². The van der Waals surface area contributed by atoms with Crippen LogP contribution in [0.15, 0.2) is 18.2 Å². The number of ether oxygens (including phenoxy) is 2. The molecule has 2 atom stereocenters. The molecule has 1 aromatic carbocycles. The molecule has 0 bridgehead atoms. The van der Waals surface area contributed by atoms with Crippen LogP contribution in [0.1, 0.15) is 29.6 Å². The van der Waals surface area contributed by atoms with Gasteiger partial charge in [0.2, 0.25) is 0 Å². The number of hydrogen-bond acceptors (Lipinski definition) is 4. The zero-order valence-electron chi connectivity index (χ0n) is 11.7. The molecule has 0 aromatic heterocycles. The number of nitrogen functional groups attached to an aromatic ring is 1. The van der Waals surface area contributed by atoms with Crippen LogP contribution in [-0.4, -0.2) is 43.2 Å². The van der Waals surface area contributed by atoms with Crippen LogP contribution in [0.25, 0.3) is 0 Å². The van der Waals surface area contributed by atoms with E-state index in [2.05, 4.69) is 0 Å². The zero-order valence-corrected chi connectivity index (χ0v) is 11.7. The maximum atomic E-state index is 12.7. The average Bonchev–Trinajstić information content (AvgIpc) is 2.94. The highest BCUT2D eigenvalue weighted by Crippen LogP contribution is 2.31. The number of amides is 1. The molecule has 1 aliphatic carbocycles. The summed E-state index contributed by atoms with van der Waals surface area (Å²) < 4.78 is 10.9. The van der Waals surface area contributed by atoms with E-state index in [9.17, 15) is 4.79 Å². The standard InChI is InChI=1S/C15H20N2O3/c1-19-12-8-10(7-11(16)9-12)15(18)17-5-6-20-14-4-2-3-13(14)17/h7-9,13-14H,2-6,16H2,1H3. The number of fused-ring (bicyclic) bond motifs is 1. The molecule has 3 rings (SSSR count). The monoisotopic (exact) mass is 276 g/mol. The Morgan fingerprint density at radius 1 is 1.40 bits per heavy atom. The van der Waals surface area contributed by atoms with Crippen molar-refractivity contribution in [2.45, 2.75) is 31.4 Å². The van der Waals surface area contributed by atoms with Crippen molar-refractivity contribution in [3.63, 3.8) is 0 Å². The molecule has 1 saturated heterocycles. The molecule has 5 nitrogen and oxygen atoms in total. The van der Waals surface area contributed by atoms with Gasteiger partial charge in [0, 0.05) is 23.9 Å². The topological polar surface area (TPSA) is 64.8 Å². The summed E-state index contributed by atoms with van der Waals surface area (Å²) in [5.74, 6) is 0.639. The third-order valence-corrected chi connectivity index (χ3v) is 4.15. The first kappa shape index (κ1) is 13.2. The van der Waals surface area contributed by atoms with Crippen molar-refractivity contribution in [1.29, 1.82) is 0 Å². The minimum absolute atomic E-state index is 0.0239. The summed E-state index contributed by atoms with van der Waals surface area (Å²) >= 11 is 0. The van der Waals surface area contributed by atoms with Gasteiger partial charge in [0.25, 0.3) is 5.91 Å². The van der Waals surface area contributed by atoms with Gasteiger partial charge >= 0.3 is 0 Å². The third kappa shape index (κ3) is 2.33. The fraction of sp³-hybridized carbons (Fsp3) is 0.533. The van der Waals surface area contributed by atoms with Gasteiger partial charge in [-0.1, -0.05) is 0 Å². The smallest absolute Gasteiger partial charge is 0.254 e. The second-order valence-electron chi connectivity index (χ2n) is 5.40. The van der Waals surface area contributed by atoms with E-state index < -0.39 is 0 Å². The Hall–Kier alpha value is -1.75. The Bertz CT molecular complexity index is 518. The van der Waals surface area contributed by atoms with Crippen molar-refractivity contribution in [2.24, 2.45) is 0 Å². The molecule has 1 saturated carbocycles. The summed E-state index contributed by atoms with van der Waals surface area (Å²) in [6.07, 6.45) is 3.40.